The van der Waals surface area contributed by atoms with Crippen LogP contribution >= 0.6 is 0 Å². The summed E-state index contributed by atoms with van der Waals surface area (Å²) in [6.45, 7) is 4.05. The molecule has 0 aromatic rings. The van der Waals surface area contributed by atoms with Gasteiger partial charge in [0, 0.05) is 12.8 Å². The summed E-state index contributed by atoms with van der Waals surface area (Å²) in [6, 6.07) is 0. The van der Waals surface area contributed by atoms with E-state index in [1.54, 1.807) is 0 Å². The molecule has 0 aromatic heterocycles. The summed E-state index contributed by atoms with van der Waals surface area (Å²) < 4.78 is 10.8. The van der Waals surface area contributed by atoms with Gasteiger partial charge in [-0.25, -0.2) is 0 Å². The van der Waals surface area contributed by atoms with Gasteiger partial charge in [-0.05, 0) is 109 Å². The van der Waals surface area contributed by atoms with Gasteiger partial charge in [0.05, 0.1) is 6.61 Å². The topological polar surface area (TPSA) is 72.8 Å². The highest BCUT2D eigenvalue weighted by molar-refractivity contribution is 5.70. The zero-order valence-corrected chi connectivity index (χ0v) is 61.0. The summed E-state index contributed by atoms with van der Waals surface area (Å²) in [5.74, 6) is -0.580. The van der Waals surface area contributed by atoms with E-state index in [1.165, 1.54) is 276 Å². The lowest BCUT2D eigenvalue weighted by atomic mass is 10.0. The number of ether oxygens (including phenoxy) is 2. The monoisotopic (exact) mass is 1280 g/mol. The highest BCUT2D eigenvalue weighted by Crippen LogP contribution is 2.19. The first-order valence-electron chi connectivity index (χ1n) is 40.1. The highest BCUT2D eigenvalue weighted by Gasteiger charge is 2.16. The van der Waals surface area contributed by atoms with Gasteiger partial charge in [-0.1, -0.05) is 399 Å². The number of esters is 2. The minimum atomic E-state index is -0.780. The summed E-state index contributed by atoms with van der Waals surface area (Å²) >= 11 is 0. The SMILES string of the molecule is CC/C=C\C/C=C\C/C=C\C/C=C\C/C=C\C/C=C\C/C=C\C/C=C\CCCCCCCCCCCCCCC(=O)OC(CO)COC(=O)CCCCCCCCCCCCCCCCCCCCCCCCCCCCCCC/C=C\C/C=C\CCCCCCC. The Labute approximate surface area is 573 Å². The molecule has 5 nitrogen and oxygen atoms in total. The van der Waals surface area contributed by atoms with Crippen LogP contribution in [-0.4, -0.2) is 36.4 Å². The Balaban J connectivity index is 3.43. The average Bonchev–Trinajstić information content (AvgIpc) is 3.70. The maximum Gasteiger partial charge on any atom is 0.306 e. The predicted molar refractivity (Wildman–Crippen MR) is 408 cm³/mol. The smallest absolute Gasteiger partial charge is 0.306 e. The molecule has 530 valence electrons. The molecule has 0 saturated carbocycles. The summed E-state index contributed by atoms with van der Waals surface area (Å²) in [7, 11) is 0. The highest BCUT2D eigenvalue weighted by atomic mass is 16.6. The Kier molecular flexibility index (Phi) is 78.3. The van der Waals surface area contributed by atoms with Gasteiger partial charge >= 0.3 is 11.9 Å². The van der Waals surface area contributed by atoms with Gasteiger partial charge in [-0.3, -0.25) is 9.59 Å². The van der Waals surface area contributed by atoms with Crippen molar-refractivity contribution < 1.29 is 24.2 Å². The van der Waals surface area contributed by atoms with Gasteiger partial charge in [0.2, 0.25) is 0 Å². The third-order valence-electron chi connectivity index (χ3n) is 17.7. The van der Waals surface area contributed by atoms with Crippen molar-refractivity contribution in [2.45, 2.75) is 405 Å². The summed E-state index contributed by atoms with van der Waals surface area (Å²) in [5.41, 5.74) is 0. The van der Waals surface area contributed by atoms with Crippen LogP contribution in [0.5, 0.6) is 0 Å². The van der Waals surface area contributed by atoms with Crippen LogP contribution in [0, 0.1) is 0 Å². The standard InChI is InChI=1S/C87H152O5/c1-3-5-7-9-11-13-15-17-19-21-23-25-27-29-31-33-35-37-39-41-42-43-44-46-47-49-51-53-55-57-59-61-63-65-67-69-71-73-75-77-79-81-86(89)91-84-85(83-88)92-87(90)82-80-78-76-74-72-70-68-66-64-62-60-58-56-54-52-50-48-45-40-38-36-34-32-30-28-26-24-22-20-18-16-14-12-10-8-6-4-2/h6,8,12,14-15,17-18,20-21,23-24,26,30,32,36,38,45,48,52,54,85,88H,3-5,7,9-11,13,16,19,22,25,27-29,31,33-35,37,39-44,46-47,49-51,53,55-84H2,1-2H3/b8-6-,14-12-,17-15-,20-18-,23-21-,26-24-,32-30-,38-36-,48-45-,54-52-. The van der Waals surface area contributed by atoms with Crippen LogP contribution in [-0.2, 0) is 19.1 Å². The van der Waals surface area contributed by atoms with E-state index in [-0.39, 0.29) is 25.2 Å². The molecule has 0 saturated heterocycles. The second-order valence-corrected chi connectivity index (χ2v) is 26.8. The molecule has 0 radical (unpaired) electrons. The summed E-state index contributed by atoms with van der Waals surface area (Å²) in [6.07, 6.45) is 120. The molecule has 92 heavy (non-hydrogen) atoms. The van der Waals surface area contributed by atoms with Crippen molar-refractivity contribution in [1.29, 1.82) is 0 Å². The van der Waals surface area contributed by atoms with E-state index < -0.39 is 6.10 Å². The predicted octanol–water partition coefficient (Wildman–Crippen LogP) is 28.4. The maximum absolute atomic E-state index is 12.4. The molecule has 0 bridgehead atoms. The van der Waals surface area contributed by atoms with Crippen LogP contribution in [0.1, 0.15) is 399 Å². The molecule has 5 heteroatoms. The number of allylic oxidation sites excluding steroid dienone is 20. The van der Waals surface area contributed by atoms with Crippen LogP contribution in [0.15, 0.2) is 122 Å². The number of carbonyl (C=O) groups excluding carboxylic acids is 2. The molecule has 0 spiro atoms. The van der Waals surface area contributed by atoms with Crippen LogP contribution in [0.4, 0.5) is 0 Å². The second kappa shape index (κ2) is 81.5. The molecule has 0 fully saturated rings. The molecule has 0 amide bonds. The molecular formula is C87H152O5. The Hall–Kier alpha value is -3.70. The first kappa shape index (κ1) is 88.3. The first-order valence-corrected chi connectivity index (χ1v) is 40.1. The fourth-order valence-electron chi connectivity index (χ4n) is 11.8. The normalized spacial score (nSPS) is 12.9. The van der Waals surface area contributed by atoms with E-state index in [9.17, 15) is 14.7 Å². The van der Waals surface area contributed by atoms with Gasteiger partial charge in [-0.15, -0.1) is 0 Å². The number of carbonyl (C=O) groups is 2. The zero-order valence-electron chi connectivity index (χ0n) is 61.0. The molecule has 0 aliphatic carbocycles. The molecule has 1 unspecified atom stereocenters. The van der Waals surface area contributed by atoms with Gasteiger partial charge in [0.15, 0.2) is 6.10 Å². The number of hydrogen-bond donors (Lipinski definition) is 1. The Morgan fingerprint density at radius 2 is 0.467 bits per heavy atom. The lowest BCUT2D eigenvalue weighted by Gasteiger charge is -2.15. The van der Waals surface area contributed by atoms with Crippen molar-refractivity contribution in [3.8, 4) is 0 Å². The fraction of sp³-hybridized carbons (Fsp3) is 0.747. The Bertz CT molecular complexity index is 1790. The number of unbranched alkanes of at least 4 members (excludes halogenated alkanes) is 46. The lowest BCUT2D eigenvalue weighted by molar-refractivity contribution is -0.161. The van der Waals surface area contributed by atoms with E-state index in [1.807, 2.05) is 0 Å². The number of rotatable bonds is 74. The third-order valence-corrected chi connectivity index (χ3v) is 17.7. The van der Waals surface area contributed by atoms with E-state index >= 15 is 0 Å². The van der Waals surface area contributed by atoms with Crippen molar-refractivity contribution in [2.24, 2.45) is 0 Å². The van der Waals surface area contributed by atoms with Crippen molar-refractivity contribution in [2.75, 3.05) is 13.2 Å². The van der Waals surface area contributed by atoms with Crippen LogP contribution in [0.3, 0.4) is 0 Å². The van der Waals surface area contributed by atoms with Crippen molar-refractivity contribution in [1.82, 2.24) is 0 Å². The third kappa shape index (κ3) is 78.7. The van der Waals surface area contributed by atoms with Crippen LogP contribution in [0.2, 0.25) is 0 Å². The number of hydrogen-bond acceptors (Lipinski definition) is 5. The summed E-state index contributed by atoms with van der Waals surface area (Å²) in [5, 5.41) is 9.73. The van der Waals surface area contributed by atoms with Gasteiger partial charge in [0.25, 0.3) is 0 Å². The molecule has 0 aromatic carbocycles. The van der Waals surface area contributed by atoms with Gasteiger partial charge in [0.1, 0.15) is 6.61 Å². The molecule has 0 aliphatic rings. The molecular weight excluding hydrogens is 1120 g/mol. The minimum absolute atomic E-state index is 0.0670. The van der Waals surface area contributed by atoms with Crippen molar-refractivity contribution in [3.63, 3.8) is 0 Å². The molecule has 0 heterocycles. The molecule has 0 aliphatic heterocycles. The number of aliphatic hydroxyl groups excluding tert-OH is 1. The summed E-state index contributed by atoms with van der Waals surface area (Å²) in [4.78, 5) is 24.7. The van der Waals surface area contributed by atoms with Crippen molar-refractivity contribution >= 4 is 11.9 Å². The van der Waals surface area contributed by atoms with Gasteiger partial charge < -0.3 is 14.6 Å². The molecule has 1 atom stereocenters. The van der Waals surface area contributed by atoms with Gasteiger partial charge in [-0.2, -0.15) is 0 Å². The van der Waals surface area contributed by atoms with E-state index in [2.05, 4.69) is 135 Å². The fourth-order valence-corrected chi connectivity index (χ4v) is 11.8. The largest absolute Gasteiger partial charge is 0.462 e. The molecule has 0 rings (SSSR count). The van der Waals surface area contributed by atoms with E-state index in [0.29, 0.717) is 12.8 Å². The average molecular weight is 1280 g/mol. The second-order valence-electron chi connectivity index (χ2n) is 26.8. The first-order chi connectivity index (χ1) is 45.6. The van der Waals surface area contributed by atoms with Crippen LogP contribution < -0.4 is 0 Å². The lowest BCUT2D eigenvalue weighted by Crippen LogP contribution is -2.28. The van der Waals surface area contributed by atoms with E-state index in [4.69, 9.17) is 9.47 Å². The quantitative estimate of drug-likeness (QED) is 0.0373. The Morgan fingerprint density at radius 1 is 0.261 bits per heavy atom. The number of aliphatic hydroxyl groups is 1. The maximum atomic E-state index is 12.4. The Morgan fingerprint density at radius 3 is 0.707 bits per heavy atom. The minimum Gasteiger partial charge on any atom is -0.462 e. The van der Waals surface area contributed by atoms with E-state index in [0.717, 1.165) is 96.3 Å². The van der Waals surface area contributed by atoms with Crippen LogP contribution in [0.25, 0.3) is 0 Å². The zero-order chi connectivity index (χ0) is 66.1. The van der Waals surface area contributed by atoms with Crippen molar-refractivity contribution in [3.05, 3.63) is 122 Å². The molecule has 1 N–H and O–H groups in total.